The van der Waals surface area contributed by atoms with Gasteiger partial charge in [0.2, 0.25) is 0 Å². The summed E-state index contributed by atoms with van der Waals surface area (Å²) >= 11 is 0. The number of aliphatic carboxylic acids is 1. The number of nitrogen functional groups attached to an aromatic ring is 1. The van der Waals surface area contributed by atoms with Crippen molar-refractivity contribution in [2.75, 3.05) is 12.8 Å². The largest absolute Gasteiger partial charge is 0.497 e. The number of methoxy groups -OCH3 is 1. The van der Waals surface area contributed by atoms with Crippen molar-refractivity contribution in [1.82, 2.24) is 4.98 Å². The molecular formula is C27H24N2O4. The lowest BCUT2D eigenvalue weighted by Gasteiger charge is -2.19. The Bertz CT molecular complexity index is 1370. The van der Waals surface area contributed by atoms with E-state index in [0.29, 0.717) is 22.9 Å². The van der Waals surface area contributed by atoms with Crippen LogP contribution in [0.4, 0.5) is 5.82 Å². The zero-order valence-corrected chi connectivity index (χ0v) is 18.2. The highest BCUT2D eigenvalue weighted by Crippen LogP contribution is 2.39. The predicted octanol–water partition coefficient (Wildman–Crippen LogP) is 5.19. The summed E-state index contributed by atoms with van der Waals surface area (Å²) in [6.45, 7) is 0. The molecule has 1 aromatic heterocycles. The van der Waals surface area contributed by atoms with E-state index in [2.05, 4.69) is 41.4 Å². The second kappa shape index (κ2) is 8.47. The summed E-state index contributed by atoms with van der Waals surface area (Å²) in [7, 11) is 1.58. The molecule has 5 rings (SSSR count). The van der Waals surface area contributed by atoms with Crippen molar-refractivity contribution in [3.8, 4) is 22.6 Å². The number of carbonyl (C=O) groups is 1. The van der Waals surface area contributed by atoms with Gasteiger partial charge in [0.1, 0.15) is 23.4 Å². The summed E-state index contributed by atoms with van der Waals surface area (Å²) in [5.74, 6) is 0.794. The number of ether oxygens (including phenoxy) is 2. The number of hydrogen-bond donors (Lipinski definition) is 2. The smallest absolute Gasteiger partial charge is 0.307 e. The van der Waals surface area contributed by atoms with E-state index in [1.54, 1.807) is 31.5 Å². The highest BCUT2D eigenvalue weighted by Gasteiger charge is 2.26. The quantitative estimate of drug-likeness (QED) is 0.429. The molecule has 0 radical (unpaired) electrons. The third-order valence-electron chi connectivity index (χ3n) is 6.18. The normalized spacial score (nSPS) is 14.8. The van der Waals surface area contributed by atoms with E-state index in [1.165, 1.54) is 5.56 Å². The second-order valence-corrected chi connectivity index (χ2v) is 8.24. The summed E-state index contributed by atoms with van der Waals surface area (Å²) in [6, 6.07) is 19.9. The number of pyridine rings is 1. The van der Waals surface area contributed by atoms with E-state index in [-0.39, 0.29) is 12.5 Å². The van der Waals surface area contributed by atoms with Gasteiger partial charge in [-0.2, -0.15) is 0 Å². The summed E-state index contributed by atoms with van der Waals surface area (Å²) in [6.07, 6.45) is 3.19. The van der Waals surface area contributed by atoms with Crippen LogP contribution in [0.15, 0.2) is 66.9 Å². The van der Waals surface area contributed by atoms with Gasteiger partial charge in [0.15, 0.2) is 0 Å². The Morgan fingerprint density at radius 2 is 1.91 bits per heavy atom. The van der Waals surface area contributed by atoms with Crippen molar-refractivity contribution in [2.45, 2.75) is 25.4 Å². The Morgan fingerprint density at radius 1 is 1.09 bits per heavy atom. The van der Waals surface area contributed by atoms with Gasteiger partial charge in [-0.25, -0.2) is 4.98 Å². The lowest BCUT2D eigenvalue weighted by Crippen LogP contribution is -2.08. The average Bonchev–Trinajstić information content (AvgIpc) is 3.22. The van der Waals surface area contributed by atoms with Crippen LogP contribution in [0, 0.1) is 0 Å². The fraction of sp³-hybridized carbons (Fsp3) is 0.185. The lowest BCUT2D eigenvalue weighted by atomic mass is 9.98. The van der Waals surface area contributed by atoms with Crippen molar-refractivity contribution < 1.29 is 19.4 Å². The molecular weight excluding hydrogens is 416 g/mol. The van der Waals surface area contributed by atoms with E-state index in [1.807, 2.05) is 6.07 Å². The minimum atomic E-state index is -0.899. The summed E-state index contributed by atoms with van der Waals surface area (Å²) in [5, 5.41) is 11.3. The number of fused-ring (bicyclic) bond motifs is 2. The van der Waals surface area contributed by atoms with E-state index in [4.69, 9.17) is 15.2 Å². The van der Waals surface area contributed by atoms with Gasteiger partial charge in [0.05, 0.1) is 13.5 Å². The third-order valence-corrected chi connectivity index (χ3v) is 6.18. The molecule has 1 atom stereocenters. The number of aromatic nitrogens is 1. The van der Waals surface area contributed by atoms with Crippen LogP contribution in [0.25, 0.3) is 21.9 Å². The topological polar surface area (TPSA) is 94.7 Å². The fourth-order valence-corrected chi connectivity index (χ4v) is 4.47. The van der Waals surface area contributed by atoms with Crippen LogP contribution in [0.2, 0.25) is 0 Å². The van der Waals surface area contributed by atoms with E-state index >= 15 is 0 Å². The standard InChI is InChI=1S/C27H24N2O4/c1-32-21-8-6-20(14-26(30)31)25(15-21)33-24-9-7-16-2-4-18(12-22(16)24)19-5-3-17-10-11-29-27(28)23(17)13-19/h2-6,8,10-13,15,24H,7,9,14H2,1H3,(H2,28,29)(H,30,31)/t24-/m1/s1. The van der Waals surface area contributed by atoms with Crippen LogP contribution in [-0.2, 0) is 17.6 Å². The number of carboxylic acids is 1. The number of hydrogen-bond acceptors (Lipinski definition) is 5. The number of nitrogens with two attached hydrogens (primary N) is 1. The molecule has 0 spiro atoms. The number of nitrogens with zero attached hydrogens (tertiary/aromatic N) is 1. The maximum atomic E-state index is 11.3. The number of aryl methyl sites for hydroxylation is 1. The van der Waals surface area contributed by atoms with Crippen LogP contribution < -0.4 is 15.2 Å². The molecule has 6 heteroatoms. The summed E-state index contributed by atoms with van der Waals surface area (Å²) in [5.41, 5.74) is 11.2. The van der Waals surface area contributed by atoms with E-state index in [0.717, 1.165) is 40.3 Å². The van der Waals surface area contributed by atoms with Crippen molar-refractivity contribution in [3.63, 3.8) is 0 Å². The highest BCUT2D eigenvalue weighted by molar-refractivity contribution is 5.94. The minimum Gasteiger partial charge on any atom is -0.497 e. The molecule has 6 nitrogen and oxygen atoms in total. The van der Waals surface area contributed by atoms with Crippen LogP contribution in [0.3, 0.4) is 0 Å². The number of rotatable bonds is 6. The SMILES string of the molecule is COc1ccc(CC(=O)O)c(O[C@@H]2CCc3ccc(-c4ccc5ccnc(N)c5c4)cc32)c1. The minimum absolute atomic E-state index is 0.106. The van der Waals surface area contributed by atoms with Gasteiger partial charge in [-0.1, -0.05) is 30.3 Å². The van der Waals surface area contributed by atoms with Crippen LogP contribution in [0.1, 0.15) is 29.2 Å². The van der Waals surface area contributed by atoms with Gasteiger partial charge in [-0.3, -0.25) is 4.79 Å². The first-order valence-corrected chi connectivity index (χ1v) is 10.8. The molecule has 1 aliphatic rings. The summed E-state index contributed by atoms with van der Waals surface area (Å²) in [4.78, 5) is 15.5. The second-order valence-electron chi connectivity index (χ2n) is 8.24. The molecule has 3 aromatic carbocycles. The molecule has 33 heavy (non-hydrogen) atoms. The molecule has 166 valence electrons. The molecule has 0 saturated carbocycles. The Balaban J connectivity index is 1.49. The Labute approximate surface area is 191 Å². The van der Waals surface area contributed by atoms with Gasteiger partial charge in [-0.15, -0.1) is 0 Å². The summed E-state index contributed by atoms with van der Waals surface area (Å²) < 4.78 is 11.7. The zero-order chi connectivity index (χ0) is 22.9. The molecule has 0 amide bonds. The van der Waals surface area contributed by atoms with Gasteiger partial charge in [0.25, 0.3) is 0 Å². The van der Waals surface area contributed by atoms with Gasteiger partial charge in [0, 0.05) is 23.2 Å². The maximum Gasteiger partial charge on any atom is 0.307 e. The Kier molecular flexibility index (Phi) is 5.34. The monoisotopic (exact) mass is 440 g/mol. The van der Waals surface area contributed by atoms with Crippen molar-refractivity contribution in [1.29, 1.82) is 0 Å². The first-order valence-electron chi connectivity index (χ1n) is 10.8. The van der Waals surface area contributed by atoms with Crippen LogP contribution in [0.5, 0.6) is 11.5 Å². The van der Waals surface area contributed by atoms with Gasteiger partial charge >= 0.3 is 5.97 Å². The molecule has 0 unspecified atom stereocenters. The molecule has 0 aliphatic heterocycles. The first kappa shape index (κ1) is 20.8. The van der Waals surface area contributed by atoms with Crippen LogP contribution in [-0.4, -0.2) is 23.2 Å². The molecule has 0 fully saturated rings. The van der Waals surface area contributed by atoms with Crippen molar-refractivity contribution in [2.24, 2.45) is 0 Å². The molecule has 1 heterocycles. The Hall–Kier alpha value is -4.06. The molecule has 3 N–H and O–H groups in total. The average molecular weight is 440 g/mol. The van der Waals surface area contributed by atoms with E-state index in [9.17, 15) is 9.90 Å². The lowest BCUT2D eigenvalue weighted by molar-refractivity contribution is -0.136. The fourth-order valence-electron chi connectivity index (χ4n) is 4.47. The number of carboxylic acid groups (broad SMARTS) is 1. The number of anilines is 1. The zero-order valence-electron chi connectivity index (χ0n) is 18.2. The first-order chi connectivity index (χ1) is 16.0. The molecule has 1 aliphatic carbocycles. The van der Waals surface area contributed by atoms with Crippen LogP contribution >= 0.6 is 0 Å². The predicted molar refractivity (Wildman–Crippen MR) is 128 cm³/mol. The molecule has 4 aromatic rings. The van der Waals surface area contributed by atoms with Gasteiger partial charge < -0.3 is 20.3 Å². The number of benzene rings is 3. The van der Waals surface area contributed by atoms with Gasteiger partial charge in [-0.05, 0) is 64.7 Å². The highest BCUT2D eigenvalue weighted by atomic mass is 16.5. The molecule has 0 saturated heterocycles. The van der Waals surface area contributed by atoms with Crippen molar-refractivity contribution >= 4 is 22.6 Å². The van der Waals surface area contributed by atoms with E-state index < -0.39 is 5.97 Å². The Morgan fingerprint density at radius 3 is 2.73 bits per heavy atom. The van der Waals surface area contributed by atoms with Crippen molar-refractivity contribution in [3.05, 3.63) is 83.6 Å². The maximum absolute atomic E-state index is 11.3. The third kappa shape index (κ3) is 4.07. The molecule has 0 bridgehead atoms.